The quantitative estimate of drug-likeness (QED) is 0.717. The summed E-state index contributed by atoms with van der Waals surface area (Å²) in [5.41, 5.74) is 4.63. The van der Waals surface area contributed by atoms with Crippen LogP contribution in [0.2, 0.25) is 0 Å². The molecule has 2 heterocycles. The molecule has 0 spiro atoms. The Morgan fingerprint density at radius 3 is 2.76 bits per heavy atom. The van der Waals surface area contributed by atoms with Gasteiger partial charge in [0, 0.05) is 12.6 Å². The summed E-state index contributed by atoms with van der Waals surface area (Å²) in [7, 11) is -4.23. The van der Waals surface area contributed by atoms with Crippen molar-refractivity contribution in [2.75, 3.05) is 12.3 Å². The zero-order valence-electron chi connectivity index (χ0n) is 14.7. The van der Waals surface area contributed by atoms with Crippen molar-refractivity contribution in [1.82, 2.24) is 9.55 Å². The standard InChI is InChI=1S/C12H19FN3O6P.C2H6/c1-7(2)22-23(18,19)20-6-8-5-9(13)11(21-8)16-4-3-10(14)15-12(16)17;1-2/h3-4,7-9,11H,5-6H2,1-2H3,(H,18,19)(H2,14,15,17);1-2H3. The number of aromatic nitrogens is 2. The molecule has 1 saturated heterocycles. The van der Waals surface area contributed by atoms with E-state index < -0.39 is 38.1 Å². The summed E-state index contributed by atoms with van der Waals surface area (Å²) in [6.45, 7) is 6.81. The van der Waals surface area contributed by atoms with Crippen LogP contribution in [0.15, 0.2) is 17.1 Å². The molecule has 9 nitrogen and oxygen atoms in total. The molecule has 144 valence electrons. The number of phosphoric acid groups is 1. The number of ether oxygens (including phenoxy) is 1. The molecule has 1 aliphatic heterocycles. The fourth-order valence-corrected chi connectivity index (χ4v) is 3.09. The first-order chi connectivity index (χ1) is 11.7. The van der Waals surface area contributed by atoms with E-state index in [9.17, 15) is 18.6 Å². The van der Waals surface area contributed by atoms with E-state index in [0.717, 1.165) is 4.57 Å². The van der Waals surface area contributed by atoms with Crippen molar-refractivity contribution >= 4 is 13.6 Å². The molecule has 25 heavy (non-hydrogen) atoms. The highest BCUT2D eigenvalue weighted by molar-refractivity contribution is 7.47. The summed E-state index contributed by atoms with van der Waals surface area (Å²) in [4.78, 5) is 24.7. The van der Waals surface area contributed by atoms with Crippen molar-refractivity contribution in [3.05, 3.63) is 22.7 Å². The van der Waals surface area contributed by atoms with E-state index in [0.29, 0.717) is 0 Å². The molecule has 0 radical (unpaired) electrons. The number of hydrogen-bond donors (Lipinski definition) is 2. The number of rotatable bonds is 6. The molecule has 2 rings (SSSR count). The van der Waals surface area contributed by atoms with Crippen LogP contribution >= 0.6 is 7.82 Å². The Hall–Kier alpha value is -1.32. The first kappa shape index (κ1) is 21.7. The third-order valence-electron chi connectivity index (χ3n) is 3.02. The van der Waals surface area contributed by atoms with Gasteiger partial charge in [0.05, 0.1) is 18.8 Å². The Labute approximate surface area is 145 Å². The van der Waals surface area contributed by atoms with Gasteiger partial charge >= 0.3 is 13.5 Å². The minimum Gasteiger partial charge on any atom is -0.383 e. The molecule has 0 aliphatic carbocycles. The number of anilines is 1. The van der Waals surface area contributed by atoms with Crippen LogP contribution in [0.4, 0.5) is 10.2 Å². The highest BCUT2D eigenvalue weighted by atomic mass is 31.2. The lowest BCUT2D eigenvalue weighted by Gasteiger charge is -2.18. The molecule has 4 atom stereocenters. The predicted molar refractivity (Wildman–Crippen MR) is 89.7 cm³/mol. The van der Waals surface area contributed by atoms with Gasteiger partial charge in [0.15, 0.2) is 6.23 Å². The van der Waals surface area contributed by atoms with Crippen molar-refractivity contribution in [3.63, 3.8) is 0 Å². The van der Waals surface area contributed by atoms with E-state index in [1.54, 1.807) is 13.8 Å². The summed E-state index contributed by atoms with van der Waals surface area (Å²) in [5, 5.41) is 0. The van der Waals surface area contributed by atoms with Gasteiger partial charge in [0.25, 0.3) is 0 Å². The Kier molecular flexibility index (Phi) is 8.17. The van der Waals surface area contributed by atoms with E-state index in [2.05, 4.69) is 4.98 Å². The molecule has 1 fully saturated rings. The second-order valence-corrected chi connectivity index (χ2v) is 6.77. The predicted octanol–water partition coefficient (Wildman–Crippen LogP) is 2.02. The van der Waals surface area contributed by atoms with E-state index in [1.807, 2.05) is 13.8 Å². The number of phosphoric ester groups is 1. The number of nitrogens with zero attached hydrogens (tertiary/aromatic N) is 2. The molecule has 4 unspecified atom stereocenters. The molecular formula is C14H25FN3O6P. The van der Waals surface area contributed by atoms with E-state index in [4.69, 9.17) is 19.5 Å². The summed E-state index contributed by atoms with van der Waals surface area (Å²) < 4.78 is 41.5. The van der Waals surface area contributed by atoms with E-state index in [1.165, 1.54) is 12.3 Å². The smallest absolute Gasteiger partial charge is 0.383 e. The number of alkyl halides is 1. The zero-order valence-corrected chi connectivity index (χ0v) is 15.6. The fraction of sp³-hybridized carbons (Fsp3) is 0.714. The number of halogens is 1. The van der Waals surface area contributed by atoms with Gasteiger partial charge in [0.1, 0.15) is 12.0 Å². The monoisotopic (exact) mass is 381 g/mol. The lowest BCUT2D eigenvalue weighted by atomic mass is 10.2. The minimum absolute atomic E-state index is 0.0200. The number of nitrogens with two attached hydrogens (primary N) is 1. The summed E-state index contributed by atoms with van der Waals surface area (Å²) >= 11 is 0. The highest BCUT2D eigenvalue weighted by Crippen LogP contribution is 2.45. The second-order valence-electron chi connectivity index (χ2n) is 5.36. The average molecular weight is 381 g/mol. The Bertz CT molecular complexity index is 656. The first-order valence-corrected chi connectivity index (χ1v) is 9.47. The topological polar surface area (TPSA) is 126 Å². The number of hydrogen-bond acceptors (Lipinski definition) is 7. The van der Waals surface area contributed by atoms with Crippen LogP contribution in [0.1, 0.15) is 40.3 Å². The van der Waals surface area contributed by atoms with Crippen LogP contribution in [0, 0.1) is 0 Å². The molecule has 0 aromatic carbocycles. The Balaban J connectivity index is 0.00000151. The van der Waals surface area contributed by atoms with Crippen molar-refractivity contribution in [1.29, 1.82) is 0 Å². The fourth-order valence-electron chi connectivity index (χ4n) is 2.15. The highest BCUT2D eigenvalue weighted by Gasteiger charge is 2.38. The van der Waals surface area contributed by atoms with E-state index in [-0.39, 0.29) is 18.8 Å². The maximum Gasteiger partial charge on any atom is 0.472 e. The molecule has 0 saturated carbocycles. The maximum atomic E-state index is 14.1. The Morgan fingerprint density at radius 1 is 1.56 bits per heavy atom. The number of nitrogen functional groups attached to an aromatic ring is 1. The van der Waals surface area contributed by atoms with Gasteiger partial charge in [-0.25, -0.2) is 13.8 Å². The third kappa shape index (κ3) is 6.48. The summed E-state index contributed by atoms with van der Waals surface area (Å²) in [6.07, 6.45) is -2.79. The van der Waals surface area contributed by atoms with Gasteiger partial charge < -0.3 is 15.4 Å². The van der Waals surface area contributed by atoms with Crippen LogP contribution in [-0.4, -0.2) is 39.4 Å². The van der Waals surface area contributed by atoms with Gasteiger partial charge in [-0.1, -0.05) is 13.8 Å². The molecule has 0 bridgehead atoms. The molecule has 0 amide bonds. The van der Waals surface area contributed by atoms with E-state index >= 15 is 0 Å². The van der Waals surface area contributed by atoms with Crippen LogP contribution in [0.25, 0.3) is 0 Å². The van der Waals surface area contributed by atoms with Crippen LogP contribution in [-0.2, 0) is 18.3 Å². The largest absolute Gasteiger partial charge is 0.472 e. The van der Waals surface area contributed by atoms with Crippen LogP contribution < -0.4 is 11.4 Å². The lowest BCUT2D eigenvalue weighted by Crippen LogP contribution is -2.30. The normalized spacial score (nSPS) is 25.3. The molecule has 3 N–H and O–H groups in total. The van der Waals surface area contributed by atoms with Crippen molar-refractivity contribution < 1.29 is 27.6 Å². The molecule has 1 aliphatic rings. The van der Waals surface area contributed by atoms with Crippen molar-refractivity contribution in [3.8, 4) is 0 Å². The van der Waals surface area contributed by atoms with Gasteiger partial charge in [-0.3, -0.25) is 13.6 Å². The van der Waals surface area contributed by atoms with Gasteiger partial charge in [-0.15, -0.1) is 0 Å². The first-order valence-electron chi connectivity index (χ1n) is 7.98. The minimum atomic E-state index is -4.23. The second kappa shape index (κ2) is 9.40. The van der Waals surface area contributed by atoms with Crippen molar-refractivity contribution in [2.24, 2.45) is 0 Å². The molecular weight excluding hydrogens is 356 g/mol. The van der Waals surface area contributed by atoms with Gasteiger partial charge in [-0.05, 0) is 19.9 Å². The van der Waals surface area contributed by atoms with Crippen molar-refractivity contribution in [2.45, 2.75) is 58.7 Å². The maximum absolute atomic E-state index is 14.1. The third-order valence-corrected chi connectivity index (χ3v) is 4.19. The lowest BCUT2D eigenvalue weighted by molar-refractivity contribution is -0.0407. The van der Waals surface area contributed by atoms with Crippen LogP contribution in [0.3, 0.4) is 0 Å². The average Bonchev–Trinajstić information content (AvgIpc) is 2.87. The van der Waals surface area contributed by atoms with Crippen LogP contribution in [0.5, 0.6) is 0 Å². The molecule has 1 aromatic heterocycles. The zero-order chi connectivity index (χ0) is 19.2. The van der Waals surface area contributed by atoms with Gasteiger partial charge in [0.2, 0.25) is 0 Å². The Morgan fingerprint density at radius 2 is 2.20 bits per heavy atom. The molecule has 1 aromatic rings. The van der Waals surface area contributed by atoms with Gasteiger partial charge in [-0.2, -0.15) is 4.98 Å². The summed E-state index contributed by atoms with van der Waals surface area (Å²) in [6, 6.07) is 1.35. The summed E-state index contributed by atoms with van der Waals surface area (Å²) in [5.74, 6) is 0.0200. The molecule has 11 heteroatoms. The SMILES string of the molecule is CC.CC(C)OP(=O)(O)OCC1CC(F)C(n2ccc(N)nc2=O)O1.